The number of halogens is 1. The predicted molar refractivity (Wildman–Crippen MR) is 149 cm³/mol. The second kappa shape index (κ2) is 10.3. The van der Waals surface area contributed by atoms with Crippen molar-refractivity contribution in [2.24, 2.45) is 0 Å². The Morgan fingerprint density at radius 1 is 1.16 bits per heavy atom. The number of rotatable bonds is 6. The van der Waals surface area contributed by atoms with Gasteiger partial charge in [-0.1, -0.05) is 35.7 Å². The summed E-state index contributed by atoms with van der Waals surface area (Å²) in [5.41, 5.74) is 3.50. The van der Waals surface area contributed by atoms with Crippen molar-refractivity contribution in [3.63, 3.8) is 0 Å². The number of aromatic nitrogens is 1. The van der Waals surface area contributed by atoms with Gasteiger partial charge in [0, 0.05) is 22.3 Å². The molecule has 0 saturated carbocycles. The largest absolute Gasteiger partial charge is 0.455 e. The Morgan fingerprint density at radius 3 is 2.58 bits per heavy atom. The summed E-state index contributed by atoms with van der Waals surface area (Å²) in [5.74, 6) is 2.06. The molecule has 0 aliphatic rings. The van der Waals surface area contributed by atoms with Crippen molar-refractivity contribution in [3.8, 4) is 23.7 Å². The van der Waals surface area contributed by atoms with E-state index in [1.165, 1.54) is 12.1 Å². The maximum absolute atomic E-state index is 13.4. The fourth-order valence-corrected chi connectivity index (χ4v) is 4.75. The van der Waals surface area contributed by atoms with Crippen molar-refractivity contribution in [2.45, 2.75) is 26.8 Å². The molecule has 8 nitrogen and oxygen atoms in total. The maximum Gasteiger partial charge on any atom is 0.285 e. The Morgan fingerprint density at radius 2 is 1.89 bits per heavy atom. The first-order valence-electron chi connectivity index (χ1n) is 11.5. The van der Waals surface area contributed by atoms with Crippen molar-refractivity contribution < 1.29 is 17.6 Å². The molecule has 0 unspecified atom stereocenters. The highest BCUT2D eigenvalue weighted by molar-refractivity contribution is 7.89. The lowest BCUT2D eigenvalue weighted by Crippen LogP contribution is -2.31. The topological polar surface area (TPSA) is 118 Å². The summed E-state index contributed by atoms with van der Waals surface area (Å²) in [5, 5.41) is 3.61. The fraction of sp³-hybridized carbons (Fsp3) is 0.179. The van der Waals surface area contributed by atoms with Gasteiger partial charge < -0.3 is 9.73 Å². The van der Waals surface area contributed by atoms with Gasteiger partial charge >= 0.3 is 0 Å². The van der Waals surface area contributed by atoms with Gasteiger partial charge in [0.15, 0.2) is 11.1 Å². The molecule has 2 N–H and O–H groups in total. The highest BCUT2D eigenvalue weighted by Crippen LogP contribution is 2.33. The number of terminal acetylenes is 1. The average molecular weight is 550 g/mol. The Hall–Kier alpha value is -4.13. The summed E-state index contributed by atoms with van der Waals surface area (Å²) in [6, 6.07) is 13.3. The molecule has 10 heteroatoms. The molecule has 0 aliphatic carbocycles. The van der Waals surface area contributed by atoms with Gasteiger partial charge in [-0.25, -0.2) is 18.1 Å². The van der Waals surface area contributed by atoms with Crippen LogP contribution in [0.15, 0.2) is 57.7 Å². The molecule has 2 aromatic heterocycles. The molecule has 2 heterocycles. The van der Waals surface area contributed by atoms with Gasteiger partial charge in [0.2, 0.25) is 10.0 Å². The number of anilines is 1. The van der Waals surface area contributed by atoms with E-state index in [-0.39, 0.29) is 22.0 Å². The van der Waals surface area contributed by atoms with E-state index < -0.39 is 22.0 Å². The van der Waals surface area contributed by atoms with Crippen LogP contribution in [0.3, 0.4) is 0 Å². The zero-order valence-electron chi connectivity index (χ0n) is 21.0. The molecule has 1 atom stereocenters. The van der Waals surface area contributed by atoms with Gasteiger partial charge in [0.1, 0.15) is 16.5 Å². The Balaban J connectivity index is 1.85. The van der Waals surface area contributed by atoms with E-state index in [1.54, 1.807) is 31.2 Å². The molecule has 2 aromatic carbocycles. The molecular formula is C28H24ClN3O5S. The van der Waals surface area contributed by atoms with Crippen LogP contribution in [0.4, 0.5) is 5.69 Å². The van der Waals surface area contributed by atoms with E-state index in [9.17, 15) is 18.0 Å². The van der Waals surface area contributed by atoms with Crippen molar-refractivity contribution in [2.75, 3.05) is 11.6 Å². The third-order valence-electron chi connectivity index (χ3n) is 5.88. The van der Waals surface area contributed by atoms with Crippen LogP contribution in [0.25, 0.3) is 22.3 Å². The van der Waals surface area contributed by atoms with E-state index in [4.69, 9.17) is 22.4 Å². The summed E-state index contributed by atoms with van der Waals surface area (Å²) in [6.45, 7) is 5.39. The van der Waals surface area contributed by atoms with Crippen LogP contribution in [0.5, 0.6) is 0 Å². The highest BCUT2D eigenvalue weighted by Gasteiger charge is 2.22. The van der Waals surface area contributed by atoms with E-state index in [0.29, 0.717) is 39.0 Å². The van der Waals surface area contributed by atoms with Crippen LogP contribution in [-0.2, 0) is 10.0 Å². The number of carbonyl (C=O) groups excluding carboxylic acids is 1. The summed E-state index contributed by atoms with van der Waals surface area (Å²) in [7, 11) is -3.83. The third-order valence-corrected chi connectivity index (χ3v) is 6.64. The minimum atomic E-state index is -3.83. The first kappa shape index (κ1) is 26.9. The van der Waals surface area contributed by atoms with Crippen LogP contribution in [-0.4, -0.2) is 25.6 Å². The van der Waals surface area contributed by atoms with Crippen molar-refractivity contribution in [3.05, 3.63) is 91.9 Å². The number of benzene rings is 2. The molecule has 0 aliphatic heterocycles. The van der Waals surface area contributed by atoms with Gasteiger partial charge in [-0.2, -0.15) is 0 Å². The molecule has 0 bridgehead atoms. The molecule has 0 fully saturated rings. The number of sulfonamides is 1. The number of aryl methyl sites for hydroxylation is 1. The van der Waals surface area contributed by atoms with Crippen LogP contribution in [0.2, 0.25) is 5.15 Å². The van der Waals surface area contributed by atoms with Crippen molar-refractivity contribution in [1.29, 1.82) is 0 Å². The number of hydrogen-bond acceptors (Lipinski definition) is 7. The summed E-state index contributed by atoms with van der Waals surface area (Å²) >= 11 is 5.98. The van der Waals surface area contributed by atoms with Crippen molar-refractivity contribution >= 4 is 44.2 Å². The molecule has 0 saturated heterocycles. The second-order valence-electron chi connectivity index (χ2n) is 8.94. The predicted octanol–water partition coefficient (Wildman–Crippen LogP) is 4.97. The Labute approximate surface area is 225 Å². The summed E-state index contributed by atoms with van der Waals surface area (Å²) in [4.78, 5) is 30.1. The van der Waals surface area contributed by atoms with Gasteiger partial charge in [-0.3, -0.25) is 9.59 Å². The monoisotopic (exact) mass is 549 g/mol. The Bertz CT molecular complexity index is 1810. The number of nitrogens with zero attached hydrogens (tertiary/aromatic N) is 1. The van der Waals surface area contributed by atoms with Crippen LogP contribution < -0.4 is 15.5 Å². The smallest absolute Gasteiger partial charge is 0.285 e. The normalized spacial score (nSPS) is 12.1. The van der Waals surface area contributed by atoms with E-state index in [1.807, 2.05) is 30.7 Å². The number of carbonyl (C=O) groups is 1. The van der Waals surface area contributed by atoms with Crippen LogP contribution in [0, 0.1) is 26.2 Å². The lowest BCUT2D eigenvalue weighted by Gasteiger charge is -2.20. The van der Waals surface area contributed by atoms with Crippen LogP contribution >= 0.6 is 11.6 Å². The number of fused-ring (bicyclic) bond motifs is 1. The van der Waals surface area contributed by atoms with Gasteiger partial charge in [0.25, 0.3) is 5.91 Å². The molecule has 194 valence electrons. The van der Waals surface area contributed by atoms with Gasteiger partial charge in [0.05, 0.1) is 23.4 Å². The van der Waals surface area contributed by atoms with E-state index in [2.05, 4.69) is 16.2 Å². The lowest BCUT2D eigenvalue weighted by atomic mass is 9.98. The van der Waals surface area contributed by atoms with Gasteiger partial charge in [-0.05, 0) is 56.7 Å². The molecule has 1 amide bonds. The minimum Gasteiger partial charge on any atom is -0.455 e. The number of pyridine rings is 1. The molecular weight excluding hydrogens is 526 g/mol. The zero-order chi connectivity index (χ0) is 27.8. The highest BCUT2D eigenvalue weighted by atomic mass is 35.5. The number of amides is 1. The van der Waals surface area contributed by atoms with Gasteiger partial charge in [-0.15, -0.1) is 6.42 Å². The molecule has 4 aromatic rings. The van der Waals surface area contributed by atoms with E-state index in [0.717, 1.165) is 11.8 Å². The third kappa shape index (κ3) is 5.57. The lowest BCUT2D eigenvalue weighted by molar-refractivity contribution is 0.0977. The van der Waals surface area contributed by atoms with E-state index >= 15 is 0 Å². The number of hydrogen-bond donors (Lipinski definition) is 2. The fourth-order valence-electron chi connectivity index (χ4n) is 4.17. The molecule has 0 radical (unpaired) electrons. The summed E-state index contributed by atoms with van der Waals surface area (Å²) < 4.78 is 31.5. The molecule has 38 heavy (non-hydrogen) atoms. The minimum absolute atomic E-state index is 0.0168. The molecule has 4 rings (SSSR count). The maximum atomic E-state index is 13.4. The van der Waals surface area contributed by atoms with Crippen molar-refractivity contribution in [1.82, 2.24) is 9.71 Å². The SMILES string of the molecule is C#Cc1cccc(-c2oc3c([C@@H](C)Nc4ccc(Cl)nc4C(=O)NS(C)(=O)=O)cc(C)cc3c(=O)c2C)c1. The standard InChI is InChI=1S/C28H24ClN3O5S/c1-6-18-8-7-9-19(14-18)26-16(3)25(33)21-13-15(2)12-20(27(21)37-26)17(4)30-22-10-11-23(29)31-24(22)28(34)32-38(5,35)36/h1,7-14,17,30H,2-5H3,(H,32,34)/t17-/m1/s1. The first-order valence-corrected chi connectivity index (χ1v) is 13.7. The van der Waals surface area contributed by atoms with Crippen LogP contribution in [0.1, 0.15) is 45.7 Å². The Kier molecular flexibility index (Phi) is 7.31. The first-order chi connectivity index (χ1) is 17.9. The molecule has 0 spiro atoms. The quantitative estimate of drug-likeness (QED) is 0.257. The summed E-state index contributed by atoms with van der Waals surface area (Å²) in [6.07, 6.45) is 6.43. The average Bonchev–Trinajstić information content (AvgIpc) is 2.86. The number of nitrogens with one attached hydrogen (secondary N) is 2. The zero-order valence-corrected chi connectivity index (χ0v) is 22.6. The second-order valence-corrected chi connectivity index (χ2v) is 11.1.